The second-order valence-electron chi connectivity index (χ2n) is 6.84. The fourth-order valence-electron chi connectivity index (χ4n) is 4.11. The van der Waals surface area contributed by atoms with E-state index in [0.717, 1.165) is 48.9 Å². The van der Waals surface area contributed by atoms with Crippen LogP contribution >= 0.6 is 15.9 Å². The van der Waals surface area contributed by atoms with Gasteiger partial charge in [-0.2, -0.15) is 0 Å². The Labute approximate surface area is 156 Å². The summed E-state index contributed by atoms with van der Waals surface area (Å²) in [4.78, 5) is 17.0. The van der Waals surface area contributed by atoms with Crippen molar-refractivity contribution in [1.29, 1.82) is 0 Å². The summed E-state index contributed by atoms with van der Waals surface area (Å²) < 4.78 is 17.9. The fourth-order valence-corrected chi connectivity index (χ4v) is 4.81. The molecule has 7 heteroatoms. The van der Waals surface area contributed by atoms with E-state index in [1.165, 1.54) is 5.56 Å². The SMILES string of the molecule is COc1c2c(c(Br)c3c1C(CC(=O)N1CCCC1)N(C)CC3)OCO2. The minimum atomic E-state index is -0.0161. The molecular formula is C18H23BrN2O4. The van der Waals surface area contributed by atoms with Crippen LogP contribution in [0.3, 0.4) is 0 Å². The third-order valence-corrected chi connectivity index (χ3v) is 6.30. The lowest BCUT2D eigenvalue weighted by atomic mass is 9.89. The summed E-state index contributed by atoms with van der Waals surface area (Å²) in [7, 11) is 3.72. The summed E-state index contributed by atoms with van der Waals surface area (Å²) in [5.74, 6) is 2.28. The molecule has 1 amide bonds. The van der Waals surface area contributed by atoms with E-state index in [9.17, 15) is 4.79 Å². The first-order valence-electron chi connectivity index (χ1n) is 8.77. The molecule has 1 fully saturated rings. The zero-order chi connectivity index (χ0) is 17.6. The molecule has 1 aromatic rings. The Morgan fingerprint density at radius 3 is 2.68 bits per heavy atom. The number of nitrogens with zero attached hydrogens (tertiary/aromatic N) is 2. The van der Waals surface area contributed by atoms with Gasteiger partial charge >= 0.3 is 0 Å². The van der Waals surface area contributed by atoms with Gasteiger partial charge in [0, 0.05) is 37.7 Å². The number of carbonyl (C=O) groups excluding carboxylic acids is 1. The van der Waals surface area contributed by atoms with E-state index < -0.39 is 0 Å². The maximum absolute atomic E-state index is 12.8. The van der Waals surface area contributed by atoms with E-state index in [2.05, 4.69) is 27.9 Å². The van der Waals surface area contributed by atoms with Gasteiger partial charge in [-0.1, -0.05) is 0 Å². The lowest BCUT2D eigenvalue weighted by Gasteiger charge is -2.36. The van der Waals surface area contributed by atoms with Crippen LogP contribution in [0, 0.1) is 0 Å². The van der Waals surface area contributed by atoms with Crippen LogP contribution in [-0.4, -0.2) is 56.3 Å². The standard InChI is InChI=1S/C18H23BrN2O4/c1-20-8-5-11-14(12(20)9-13(22)21-6-3-4-7-21)16(23-2)18-17(15(11)19)24-10-25-18/h12H,3-10H2,1-2H3. The lowest BCUT2D eigenvalue weighted by Crippen LogP contribution is -2.37. The molecule has 1 atom stereocenters. The summed E-state index contributed by atoms with van der Waals surface area (Å²) in [5.41, 5.74) is 2.22. The highest BCUT2D eigenvalue weighted by atomic mass is 79.9. The van der Waals surface area contributed by atoms with Gasteiger partial charge in [-0.15, -0.1) is 0 Å². The summed E-state index contributed by atoms with van der Waals surface area (Å²) in [6.45, 7) is 2.85. The van der Waals surface area contributed by atoms with Crippen molar-refractivity contribution in [2.75, 3.05) is 40.6 Å². The Morgan fingerprint density at radius 2 is 1.96 bits per heavy atom. The van der Waals surface area contributed by atoms with Gasteiger partial charge in [-0.05, 0) is 47.8 Å². The second-order valence-corrected chi connectivity index (χ2v) is 7.64. The van der Waals surface area contributed by atoms with Crippen LogP contribution in [0.5, 0.6) is 17.2 Å². The number of likely N-dealkylation sites (tertiary alicyclic amines) is 1. The maximum atomic E-state index is 12.8. The van der Waals surface area contributed by atoms with Gasteiger partial charge in [0.2, 0.25) is 18.4 Å². The number of methoxy groups -OCH3 is 1. The molecule has 1 aromatic carbocycles. The molecular weight excluding hydrogens is 388 g/mol. The van der Waals surface area contributed by atoms with Gasteiger partial charge in [0.25, 0.3) is 0 Å². The third-order valence-electron chi connectivity index (χ3n) is 5.46. The molecule has 3 aliphatic rings. The molecule has 3 aliphatic heterocycles. The Balaban J connectivity index is 1.75. The molecule has 0 aliphatic carbocycles. The van der Waals surface area contributed by atoms with Gasteiger partial charge in [-0.3, -0.25) is 9.69 Å². The minimum absolute atomic E-state index is 0.0161. The highest BCUT2D eigenvalue weighted by molar-refractivity contribution is 9.10. The van der Waals surface area contributed by atoms with Crippen molar-refractivity contribution in [3.8, 4) is 17.2 Å². The average molecular weight is 411 g/mol. The molecule has 25 heavy (non-hydrogen) atoms. The highest BCUT2D eigenvalue weighted by Gasteiger charge is 2.38. The Bertz CT molecular complexity index is 703. The van der Waals surface area contributed by atoms with Crippen LogP contribution in [0.15, 0.2) is 4.47 Å². The maximum Gasteiger partial charge on any atom is 0.231 e. The molecule has 0 saturated carbocycles. The minimum Gasteiger partial charge on any atom is -0.492 e. The van der Waals surface area contributed by atoms with Crippen LogP contribution in [0.1, 0.15) is 36.4 Å². The van der Waals surface area contributed by atoms with E-state index >= 15 is 0 Å². The van der Waals surface area contributed by atoms with E-state index in [1.807, 2.05) is 4.90 Å². The van der Waals surface area contributed by atoms with E-state index in [-0.39, 0.29) is 18.7 Å². The van der Waals surface area contributed by atoms with Crippen LogP contribution < -0.4 is 14.2 Å². The van der Waals surface area contributed by atoms with E-state index in [0.29, 0.717) is 23.7 Å². The molecule has 136 valence electrons. The molecule has 0 aromatic heterocycles. The average Bonchev–Trinajstić information content (AvgIpc) is 3.29. The van der Waals surface area contributed by atoms with Crippen LogP contribution in [-0.2, 0) is 11.2 Å². The predicted molar refractivity (Wildman–Crippen MR) is 96.3 cm³/mol. The van der Waals surface area contributed by atoms with Crippen molar-refractivity contribution in [3.63, 3.8) is 0 Å². The summed E-state index contributed by atoms with van der Waals surface area (Å²) in [6, 6.07) is -0.0161. The molecule has 1 unspecified atom stereocenters. The molecule has 0 N–H and O–H groups in total. The Kier molecular flexibility index (Phi) is 4.54. The number of carbonyl (C=O) groups is 1. The first-order chi connectivity index (χ1) is 12.1. The molecule has 4 rings (SSSR count). The first-order valence-corrected chi connectivity index (χ1v) is 9.57. The van der Waals surface area contributed by atoms with Gasteiger partial charge in [0.05, 0.1) is 11.6 Å². The largest absolute Gasteiger partial charge is 0.492 e. The van der Waals surface area contributed by atoms with Crippen molar-refractivity contribution in [1.82, 2.24) is 9.80 Å². The van der Waals surface area contributed by atoms with Crippen LogP contribution in [0.4, 0.5) is 0 Å². The Hall–Kier alpha value is -1.47. The molecule has 0 radical (unpaired) electrons. The van der Waals surface area contributed by atoms with Crippen molar-refractivity contribution >= 4 is 21.8 Å². The summed E-state index contributed by atoms with van der Waals surface area (Å²) in [6.07, 6.45) is 3.56. The Morgan fingerprint density at radius 1 is 1.24 bits per heavy atom. The monoisotopic (exact) mass is 410 g/mol. The van der Waals surface area contributed by atoms with Gasteiger partial charge in [0.1, 0.15) is 0 Å². The number of halogens is 1. The number of hydrogen-bond donors (Lipinski definition) is 0. The lowest BCUT2D eigenvalue weighted by molar-refractivity contribution is -0.131. The number of likely N-dealkylation sites (N-methyl/N-ethyl adjacent to an activating group) is 1. The number of ether oxygens (including phenoxy) is 3. The quantitative estimate of drug-likeness (QED) is 0.766. The van der Waals surface area contributed by atoms with Crippen LogP contribution in [0.25, 0.3) is 0 Å². The highest BCUT2D eigenvalue weighted by Crippen LogP contribution is 2.54. The van der Waals surface area contributed by atoms with Crippen LogP contribution in [0.2, 0.25) is 0 Å². The van der Waals surface area contributed by atoms with Crippen molar-refractivity contribution < 1.29 is 19.0 Å². The second kappa shape index (κ2) is 6.68. The summed E-state index contributed by atoms with van der Waals surface area (Å²) >= 11 is 3.69. The molecule has 1 saturated heterocycles. The van der Waals surface area contributed by atoms with Gasteiger partial charge in [0.15, 0.2) is 11.5 Å². The molecule has 0 bridgehead atoms. The fraction of sp³-hybridized carbons (Fsp3) is 0.611. The van der Waals surface area contributed by atoms with E-state index in [4.69, 9.17) is 14.2 Å². The number of hydrogen-bond acceptors (Lipinski definition) is 5. The van der Waals surface area contributed by atoms with Crippen molar-refractivity contribution in [3.05, 3.63) is 15.6 Å². The molecule has 6 nitrogen and oxygen atoms in total. The smallest absolute Gasteiger partial charge is 0.231 e. The number of fused-ring (bicyclic) bond motifs is 2. The zero-order valence-corrected chi connectivity index (χ0v) is 16.2. The summed E-state index contributed by atoms with van der Waals surface area (Å²) in [5, 5.41) is 0. The number of rotatable bonds is 3. The number of amides is 1. The predicted octanol–water partition coefficient (Wildman–Crippen LogP) is 2.73. The van der Waals surface area contributed by atoms with E-state index in [1.54, 1.807) is 7.11 Å². The topological polar surface area (TPSA) is 51.2 Å². The van der Waals surface area contributed by atoms with Gasteiger partial charge < -0.3 is 19.1 Å². The van der Waals surface area contributed by atoms with Crippen molar-refractivity contribution in [2.45, 2.75) is 31.7 Å². The first kappa shape index (κ1) is 17.0. The van der Waals surface area contributed by atoms with Gasteiger partial charge in [-0.25, -0.2) is 0 Å². The number of benzene rings is 1. The molecule has 3 heterocycles. The van der Waals surface area contributed by atoms with Crippen molar-refractivity contribution in [2.24, 2.45) is 0 Å². The molecule has 0 spiro atoms. The third kappa shape index (κ3) is 2.77. The zero-order valence-electron chi connectivity index (χ0n) is 14.6. The normalized spacial score (nSPS) is 22.2.